The van der Waals surface area contributed by atoms with Gasteiger partial charge in [-0.05, 0) is 43.2 Å². The van der Waals surface area contributed by atoms with E-state index in [0.717, 1.165) is 24.5 Å². The fraction of sp³-hybridized carbons (Fsp3) is 0.550. The van der Waals surface area contributed by atoms with Crippen molar-refractivity contribution in [3.63, 3.8) is 0 Å². The van der Waals surface area contributed by atoms with Crippen LogP contribution in [-0.4, -0.2) is 20.4 Å². The Kier molecular flexibility index (Phi) is 4.81. The fourth-order valence-electron chi connectivity index (χ4n) is 4.07. The maximum Gasteiger partial charge on any atom is 0.231 e. The number of anilines is 1. The van der Waals surface area contributed by atoms with Crippen molar-refractivity contribution >= 4 is 11.7 Å². The predicted octanol–water partition coefficient (Wildman–Crippen LogP) is 3.84. The van der Waals surface area contributed by atoms with Gasteiger partial charge in [-0.3, -0.25) is 4.79 Å². The van der Waals surface area contributed by atoms with Crippen molar-refractivity contribution in [2.75, 3.05) is 5.32 Å². The van der Waals surface area contributed by atoms with Gasteiger partial charge in [-0.15, -0.1) is 0 Å². The molecule has 1 N–H and O–H groups in total. The number of aryl methyl sites for hydroxylation is 2. The van der Waals surface area contributed by atoms with E-state index in [9.17, 15) is 4.79 Å². The first-order valence-corrected chi connectivity index (χ1v) is 9.59. The Morgan fingerprint density at radius 3 is 2.80 bits per heavy atom. The van der Waals surface area contributed by atoms with Crippen LogP contribution < -0.4 is 5.32 Å². The predicted molar refractivity (Wildman–Crippen MR) is 97.6 cm³/mol. The third kappa shape index (κ3) is 3.91. The topological polar surface area (TPSA) is 59.8 Å². The highest BCUT2D eigenvalue weighted by Crippen LogP contribution is 2.32. The van der Waals surface area contributed by atoms with E-state index in [1.807, 2.05) is 18.5 Å². The zero-order chi connectivity index (χ0) is 17.1. The van der Waals surface area contributed by atoms with Crippen molar-refractivity contribution in [1.29, 1.82) is 0 Å². The van der Waals surface area contributed by atoms with Crippen molar-refractivity contribution in [3.05, 3.63) is 41.6 Å². The van der Waals surface area contributed by atoms with Crippen LogP contribution in [0.5, 0.6) is 0 Å². The molecular formula is C20H26N4O. The summed E-state index contributed by atoms with van der Waals surface area (Å²) in [6.45, 7) is 1.02. The molecule has 1 aliphatic carbocycles. The molecule has 4 rings (SSSR count). The van der Waals surface area contributed by atoms with Gasteiger partial charge in [0.05, 0.1) is 12.1 Å². The molecule has 0 atom stereocenters. The standard InChI is InChI=1S/C20H26N4O/c25-20(12-17-14-24-11-5-4-8-19(24)22-17)23-18-10-9-16(13-21-18)15-6-2-1-3-7-15/h9-10,13-15H,1-8,11-12H2,(H,21,23,25). The van der Waals surface area contributed by atoms with Gasteiger partial charge >= 0.3 is 0 Å². The van der Waals surface area contributed by atoms with Crippen LogP contribution in [0.4, 0.5) is 5.82 Å². The van der Waals surface area contributed by atoms with Crippen molar-refractivity contribution in [3.8, 4) is 0 Å². The Balaban J connectivity index is 1.35. The van der Waals surface area contributed by atoms with Crippen LogP contribution >= 0.6 is 0 Å². The first-order chi connectivity index (χ1) is 12.3. The number of aromatic nitrogens is 3. The quantitative estimate of drug-likeness (QED) is 0.921. The third-order valence-corrected chi connectivity index (χ3v) is 5.43. The smallest absolute Gasteiger partial charge is 0.231 e. The number of amides is 1. The lowest BCUT2D eigenvalue weighted by atomic mass is 9.85. The minimum Gasteiger partial charge on any atom is -0.335 e. The third-order valence-electron chi connectivity index (χ3n) is 5.43. The molecule has 0 spiro atoms. The Morgan fingerprint density at radius 1 is 1.16 bits per heavy atom. The number of imidazole rings is 1. The number of nitrogens with one attached hydrogen (secondary N) is 1. The lowest BCUT2D eigenvalue weighted by molar-refractivity contribution is -0.115. The van der Waals surface area contributed by atoms with Crippen LogP contribution in [0.1, 0.15) is 67.9 Å². The highest BCUT2D eigenvalue weighted by atomic mass is 16.1. The summed E-state index contributed by atoms with van der Waals surface area (Å²) in [6, 6.07) is 4.05. The second-order valence-electron chi connectivity index (χ2n) is 7.34. The summed E-state index contributed by atoms with van der Waals surface area (Å²) < 4.78 is 2.18. The molecule has 1 saturated carbocycles. The lowest BCUT2D eigenvalue weighted by Gasteiger charge is -2.21. The van der Waals surface area contributed by atoms with Gasteiger partial charge in [-0.2, -0.15) is 0 Å². The molecule has 5 heteroatoms. The van der Waals surface area contributed by atoms with E-state index in [2.05, 4.69) is 25.9 Å². The van der Waals surface area contributed by atoms with Crippen LogP contribution in [0.3, 0.4) is 0 Å². The molecule has 0 radical (unpaired) electrons. The number of carbonyl (C=O) groups is 1. The molecule has 0 unspecified atom stereocenters. The second-order valence-corrected chi connectivity index (χ2v) is 7.34. The highest BCUT2D eigenvalue weighted by Gasteiger charge is 2.17. The number of carbonyl (C=O) groups excluding carboxylic acids is 1. The molecule has 1 amide bonds. The first-order valence-electron chi connectivity index (χ1n) is 9.59. The molecule has 0 bridgehead atoms. The molecule has 1 fully saturated rings. The summed E-state index contributed by atoms with van der Waals surface area (Å²) in [4.78, 5) is 21.3. The molecule has 3 heterocycles. The van der Waals surface area contributed by atoms with Gasteiger partial charge in [0, 0.05) is 25.4 Å². The number of fused-ring (bicyclic) bond motifs is 1. The van der Waals surface area contributed by atoms with Gasteiger partial charge in [0.2, 0.25) is 5.91 Å². The molecule has 0 aromatic carbocycles. The number of pyridine rings is 1. The lowest BCUT2D eigenvalue weighted by Crippen LogP contribution is -2.15. The molecule has 0 saturated heterocycles. The van der Waals surface area contributed by atoms with Gasteiger partial charge in [0.15, 0.2) is 0 Å². The minimum absolute atomic E-state index is 0.0478. The molecule has 2 aromatic heterocycles. The monoisotopic (exact) mass is 338 g/mol. The van der Waals surface area contributed by atoms with Gasteiger partial charge in [-0.25, -0.2) is 9.97 Å². The van der Waals surface area contributed by atoms with Gasteiger partial charge < -0.3 is 9.88 Å². The Labute approximate surface area is 148 Å². The Morgan fingerprint density at radius 2 is 2.04 bits per heavy atom. The number of hydrogen-bond acceptors (Lipinski definition) is 3. The van der Waals surface area contributed by atoms with E-state index < -0.39 is 0 Å². The number of hydrogen-bond donors (Lipinski definition) is 1. The summed E-state index contributed by atoms with van der Waals surface area (Å²) >= 11 is 0. The normalized spacial score (nSPS) is 17.9. The van der Waals surface area contributed by atoms with Crippen LogP contribution in [-0.2, 0) is 24.2 Å². The Bertz CT molecular complexity index is 705. The average Bonchev–Trinajstić information content (AvgIpc) is 3.05. The summed E-state index contributed by atoms with van der Waals surface area (Å²) in [6.07, 6.45) is 14.2. The summed E-state index contributed by atoms with van der Waals surface area (Å²) in [5.41, 5.74) is 2.16. The fourth-order valence-corrected chi connectivity index (χ4v) is 4.07. The van der Waals surface area contributed by atoms with E-state index in [0.29, 0.717) is 18.2 Å². The highest BCUT2D eigenvalue weighted by molar-refractivity contribution is 5.91. The molecule has 1 aliphatic heterocycles. The van der Waals surface area contributed by atoms with E-state index in [4.69, 9.17) is 0 Å². The molecule has 132 valence electrons. The van der Waals surface area contributed by atoms with Crippen LogP contribution in [0.15, 0.2) is 24.5 Å². The van der Waals surface area contributed by atoms with Gasteiger partial charge in [0.1, 0.15) is 11.6 Å². The molecular weight excluding hydrogens is 312 g/mol. The average molecular weight is 338 g/mol. The molecule has 5 nitrogen and oxygen atoms in total. The van der Waals surface area contributed by atoms with Gasteiger partial charge in [0.25, 0.3) is 0 Å². The van der Waals surface area contributed by atoms with Crippen LogP contribution in [0.25, 0.3) is 0 Å². The van der Waals surface area contributed by atoms with Gasteiger partial charge in [-0.1, -0.05) is 25.3 Å². The second kappa shape index (κ2) is 7.38. The van der Waals surface area contributed by atoms with Crippen molar-refractivity contribution in [2.45, 2.75) is 70.3 Å². The van der Waals surface area contributed by atoms with E-state index in [-0.39, 0.29) is 5.91 Å². The Hall–Kier alpha value is -2.17. The van der Waals surface area contributed by atoms with E-state index in [1.165, 1.54) is 50.5 Å². The molecule has 25 heavy (non-hydrogen) atoms. The van der Waals surface area contributed by atoms with Crippen LogP contribution in [0, 0.1) is 0 Å². The van der Waals surface area contributed by atoms with Crippen LogP contribution in [0.2, 0.25) is 0 Å². The zero-order valence-electron chi connectivity index (χ0n) is 14.7. The largest absolute Gasteiger partial charge is 0.335 e. The van der Waals surface area contributed by atoms with E-state index in [1.54, 1.807) is 0 Å². The van der Waals surface area contributed by atoms with Crippen molar-refractivity contribution in [2.24, 2.45) is 0 Å². The van der Waals surface area contributed by atoms with Crippen molar-refractivity contribution in [1.82, 2.24) is 14.5 Å². The summed E-state index contributed by atoms with van der Waals surface area (Å²) in [5, 5.41) is 2.90. The SMILES string of the molecule is O=C(Cc1cn2c(n1)CCCC2)Nc1ccc(C2CCCCC2)cn1. The summed E-state index contributed by atoms with van der Waals surface area (Å²) in [5.74, 6) is 2.34. The van der Waals surface area contributed by atoms with E-state index >= 15 is 0 Å². The minimum atomic E-state index is -0.0478. The maximum atomic E-state index is 12.3. The molecule has 2 aromatic rings. The van der Waals surface area contributed by atoms with Crippen molar-refractivity contribution < 1.29 is 4.79 Å². The zero-order valence-corrected chi connectivity index (χ0v) is 14.7. The first kappa shape index (κ1) is 16.3. The molecule has 2 aliphatic rings. The summed E-state index contributed by atoms with van der Waals surface area (Å²) in [7, 11) is 0. The number of nitrogens with zero attached hydrogens (tertiary/aromatic N) is 3. The number of rotatable bonds is 4. The maximum absolute atomic E-state index is 12.3.